The Balaban J connectivity index is 1.87. The van der Waals surface area contributed by atoms with E-state index in [-0.39, 0.29) is 18.6 Å². The van der Waals surface area contributed by atoms with Crippen molar-refractivity contribution in [1.82, 2.24) is 9.88 Å². The second kappa shape index (κ2) is 6.23. The Bertz CT molecular complexity index is 624. The molecule has 1 unspecified atom stereocenters. The number of hydrogen-bond acceptors (Lipinski definition) is 6. The van der Waals surface area contributed by atoms with Crippen LogP contribution in [-0.4, -0.2) is 53.3 Å². The van der Waals surface area contributed by atoms with Gasteiger partial charge in [-0.1, -0.05) is 0 Å². The van der Waals surface area contributed by atoms with E-state index in [1.165, 1.54) is 11.3 Å². The molecule has 0 aromatic carbocycles. The van der Waals surface area contributed by atoms with Gasteiger partial charge in [0.25, 0.3) is 5.91 Å². The molecule has 7 heteroatoms. The summed E-state index contributed by atoms with van der Waals surface area (Å²) in [5.41, 5.74) is 1.79. The van der Waals surface area contributed by atoms with Crippen molar-refractivity contribution in [3.8, 4) is 10.6 Å². The number of amides is 1. The van der Waals surface area contributed by atoms with Crippen molar-refractivity contribution < 1.29 is 14.6 Å². The SMILES string of the molecule is Cc1nc(-c2ccsc2)sc1C(=O)N1CCOCC1CO. The molecule has 1 saturated heterocycles. The number of aliphatic hydroxyl groups is 1. The van der Waals surface area contributed by atoms with E-state index in [1.807, 2.05) is 23.8 Å². The van der Waals surface area contributed by atoms with Gasteiger partial charge in [-0.05, 0) is 18.4 Å². The van der Waals surface area contributed by atoms with Crippen LogP contribution >= 0.6 is 22.7 Å². The fraction of sp³-hybridized carbons (Fsp3) is 0.429. The topological polar surface area (TPSA) is 62.7 Å². The first-order valence-electron chi connectivity index (χ1n) is 6.70. The lowest BCUT2D eigenvalue weighted by molar-refractivity contribution is -0.0182. The number of aliphatic hydroxyl groups excluding tert-OH is 1. The predicted molar refractivity (Wildman–Crippen MR) is 82.9 cm³/mol. The number of nitrogens with zero attached hydrogens (tertiary/aromatic N) is 2. The predicted octanol–water partition coefficient (Wildman–Crippen LogP) is 2.01. The van der Waals surface area contributed by atoms with Crippen LogP contribution in [0.4, 0.5) is 0 Å². The zero-order chi connectivity index (χ0) is 14.8. The molecule has 0 bridgehead atoms. The van der Waals surface area contributed by atoms with Gasteiger partial charge in [0, 0.05) is 17.5 Å². The van der Waals surface area contributed by atoms with Crippen molar-refractivity contribution in [3.63, 3.8) is 0 Å². The van der Waals surface area contributed by atoms with Crippen LogP contribution in [0.15, 0.2) is 16.8 Å². The molecule has 0 aliphatic carbocycles. The number of thiazole rings is 1. The standard InChI is InChI=1S/C14H16N2O3S2/c1-9-12(21-13(15-9)10-2-5-20-8-10)14(18)16-3-4-19-7-11(16)6-17/h2,5,8,11,17H,3-4,6-7H2,1H3. The minimum Gasteiger partial charge on any atom is -0.394 e. The monoisotopic (exact) mass is 324 g/mol. The van der Waals surface area contributed by atoms with Crippen LogP contribution in [0.5, 0.6) is 0 Å². The molecule has 2 aromatic rings. The van der Waals surface area contributed by atoms with Crippen LogP contribution in [0.3, 0.4) is 0 Å². The number of hydrogen-bond donors (Lipinski definition) is 1. The Kier molecular flexibility index (Phi) is 4.34. The summed E-state index contributed by atoms with van der Waals surface area (Å²) in [5, 5.41) is 14.3. The molecule has 0 saturated carbocycles. The number of aryl methyl sites for hydroxylation is 1. The Hall–Kier alpha value is -1.28. The summed E-state index contributed by atoms with van der Waals surface area (Å²) in [6.07, 6.45) is 0. The minimum atomic E-state index is -0.266. The highest BCUT2D eigenvalue weighted by molar-refractivity contribution is 7.17. The Morgan fingerprint density at radius 3 is 3.19 bits per heavy atom. The molecule has 0 spiro atoms. The molecule has 1 aliphatic rings. The molecule has 3 rings (SSSR count). The smallest absolute Gasteiger partial charge is 0.266 e. The molecule has 21 heavy (non-hydrogen) atoms. The van der Waals surface area contributed by atoms with E-state index in [2.05, 4.69) is 4.98 Å². The lowest BCUT2D eigenvalue weighted by Gasteiger charge is -2.34. The van der Waals surface area contributed by atoms with Crippen molar-refractivity contribution in [2.24, 2.45) is 0 Å². The maximum absolute atomic E-state index is 12.7. The average molecular weight is 324 g/mol. The summed E-state index contributed by atoms with van der Waals surface area (Å²) in [4.78, 5) is 19.6. The quantitative estimate of drug-likeness (QED) is 0.938. The number of thiophene rings is 1. The number of carbonyl (C=O) groups is 1. The molecule has 112 valence electrons. The lowest BCUT2D eigenvalue weighted by Crippen LogP contribution is -2.50. The third-order valence-electron chi connectivity index (χ3n) is 3.46. The first-order valence-corrected chi connectivity index (χ1v) is 8.46. The summed E-state index contributed by atoms with van der Waals surface area (Å²) < 4.78 is 5.32. The summed E-state index contributed by atoms with van der Waals surface area (Å²) >= 11 is 3.03. The van der Waals surface area contributed by atoms with E-state index < -0.39 is 0 Å². The first-order chi connectivity index (χ1) is 10.2. The molecule has 1 aliphatic heterocycles. The Morgan fingerprint density at radius 2 is 2.48 bits per heavy atom. The highest BCUT2D eigenvalue weighted by atomic mass is 32.1. The molecule has 1 atom stereocenters. The third kappa shape index (κ3) is 2.87. The zero-order valence-corrected chi connectivity index (χ0v) is 13.2. The zero-order valence-electron chi connectivity index (χ0n) is 11.6. The van der Waals surface area contributed by atoms with Crippen molar-refractivity contribution in [2.75, 3.05) is 26.4 Å². The van der Waals surface area contributed by atoms with Gasteiger partial charge < -0.3 is 14.7 Å². The van der Waals surface area contributed by atoms with E-state index in [4.69, 9.17) is 4.74 Å². The number of morpholine rings is 1. The van der Waals surface area contributed by atoms with Gasteiger partial charge in [-0.15, -0.1) is 11.3 Å². The highest BCUT2D eigenvalue weighted by Crippen LogP contribution is 2.30. The van der Waals surface area contributed by atoms with Crippen LogP contribution in [0.25, 0.3) is 10.6 Å². The molecular weight excluding hydrogens is 308 g/mol. The minimum absolute atomic E-state index is 0.0613. The largest absolute Gasteiger partial charge is 0.394 e. The van der Waals surface area contributed by atoms with Crippen LogP contribution in [0, 0.1) is 6.92 Å². The second-order valence-corrected chi connectivity index (χ2v) is 6.63. The van der Waals surface area contributed by atoms with Crippen molar-refractivity contribution in [1.29, 1.82) is 0 Å². The molecule has 3 heterocycles. The van der Waals surface area contributed by atoms with Gasteiger partial charge in [-0.2, -0.15) is 11.3 Å². The van der Waals surface area contributed by atoms with Gasteiger partial charge in [0.1, 0.15) is 9.88 Å². The Morgan fingerprint density at radius 1 is 1.62 bits per heavy atom. The molecule has 5 nitrogen and oxygen atoms in total. The highest BCUT2D eigenvalue weighted by Gasteiger charge is 2.30. The fourth-order valence-electron chi connectivity index (χ4n) is 2.31. The average Bonchev–Trinajstić information content (AvgIpc) is 3.15. The number of carbonyl (C=O) groups excluding carboxylic acids is 1. The van der Waals surface area contributed by atoms with Crippen LogP contribution in [-0.2, 0) is 4.74 Å². The fourth-order valence-corrected chi connectivity index (χ4v) is 4.04. The van der Waals surface area contributed by atoms with Gasteiger partial charge in [0.2, 0.25) is 0 Å². The number of aromatic nitrogens is 1. The summed E-state index contributed by atoms with van der Waals surface area (Å²) in [7, 11) is 0. The normalized spacial score (nSPS) is 19.0. The molecule has 1 fully saturated rings. The van der Waals surface area contributed by atoms with E-state index in [9.17, 15) is 9.90 Å². The first kappa shape index (κ1) is 14.6. The molecule has 2 aromatic heterocycles. The second-order valence-electron chi connectivity index (χ2n) is 4.86. The third-order valence-corrected chi connectivity index (χ3v) is 5.34. The van der Waals surface area contributed by atoms with E-state index in [1.54, 1.807) is 16.2 Å². The van der Waals surface area contributed by atoms with E-state index >= 15 is 0 Å². The van der Waals surface area contributed by atoms with E-state index in [0.717, 1.165) is 16.3 Å². The van der Waals surface area contributed by atoms with Gasteiger partial charge >= 0.3 is 0 Å². The van der Waals surface area contributed by atoms with Crippen LogP contribution in [0.1, 0.15) is 15.4 Å². The molecule has 1 N–H and O–H groups in total. The van der Waals surface area contributed by atoms with Crippen LogP contribution < -0.4 is 0 Å². The van der Waals surface area contributed by atoms with Crippen molar-refractivity contribution in [2.45, 2.75) is 13.0 Å². The van der Waals surface area contributed by atoms with Crippen molar-refractivity contribution >= 4 is 28.6 Å². The summed E-state index contributed by atoms with van der Waals surface area (Å²) in [6.45, 7) is 3.18. The molecule has 0 radical (unpaired) electrons. The maximum Gasteiger partial charge on any atom is 0.266 e. The maximum atomic E-state index is 12.7. The van der Waals surface area contributed by atoms with E-state index in [0.29, 0.717) is 24.6 Å². The lowest BCUT2D eigenvalue weighted by atomic mass is 10.2. The van der Waals surface area contributed by atoms with Gasteiger partial charge in [0.15, 0.2) is 0 Å². The molecule has 1 amide bonds. The molecular formula is C14H16N2O3S2. The van der Waals surface area contributed by atoms with Gasteiger partial charge in [0.05, 0.1) is 31.6 Å². The summed E-state index contributed by atoms with van der Waals surface area (Å²) in [5.74, 6) is -0.0613. The van der Waals surface area contributed by atoms with Crippen molar-refractivity contribution in [3.05, 3.63) is 27.4 Å². The Labute approximate surface area is 130 Å². The van der Waals surface area contributed by atoms with Gasteiger partial charge in [-0.25, -0.2) is 4.98 Å². The number of rotatable bonds is 3. The van der Waals surface area contributed by atoms with Crippen LogP contribution in [0.2, 0.25) is 0 Å². The summed E-state index contributed by atoms with van der Waals surface area (Å²) in [6, 6.07) is 1.74. The number of ether oxygens (including phenoxy) is 1. The van der Waals surface area contributed by atoms with Gasteiger partial charge in [-0.3, -0.25) is 4.79 Å².